The minimum Gasteiger partial charge on any atom is -0.494 e. The summed E-state index contributed by atoms with van der Waals surface area (Å²) in [6.07, 6.45) is 4.28. The first-order chi connectivity index (χ1) is 17.1. The van der Waals surface area contributed by atoms with E-state index in [1.54, 1.807) is 16.6 Å². The third-order valence-electron chi connectivity index (χ3n) is 6.26. The average molecular weight is 494 g/mol. The van der Waals surface area contributed by atoms with E-state index in [2.05, 4.69) is 20.3 Å². The number of imidazole rings is 1. The fourth-order valence-electron chi connectivity index (χ4n) is 4.30. The van der Waals surface area contributed by atoms with Gasteiger partial charge in [0.05, 0.1) is 18.5 Å². The largest absolute Gasteiger partial charge is 0.494 e. The number of nitrogens with zero attached hydrogens (tertiary/aromatic N) is 4. The van der Waals surface area contributed by atoms with E-state index in [1.165, 1.54) is 29.0 Å². The average Bonchev–Trinajstić information content (AvgIpc) is 3.46. The number of ether oxygens (including phenoxy) is 1. The zero-order chi connectivity index (χ0) is 24.2. The van der Waals surface area contributed by atoms with Crippen LogP contribution in [0.25, 0.3) is 16.2 Å². The van der Waals surface area contributed by atoms with Crippen LogP contribution in [0.15, 0.2) is 54.7 Å². The fourth-order valence-corrected chi connectivity index (χ4v) is 5.24. The maximum Gasteiger partial charge on any atom is 0.223 e. The molecule has 2 aromatic carbocycles. The molecule has 2 aromatic heterocycles. The predicted molar refractivity (Wildman–Crippen MR) is 136 cm³/mol. The molecule has 0 radical (unpaired) electrons. The number of halogens is 1. The molecule has 1 N–H and O–H groups in total. The first-order valence-electron chi connectivity index (χ1n) is 12.0. The number of hydrogen-bond donors (Lipinski definition) is 1. The number of anilines is 1. The minimum absolute atomic E-state index is 0.0284. The van der Waals surface area contributed by atoms with Crippen LogP contribution in [-0.2, 0) is 11.2 Å². The Kier molecular flexibility index (Phi) is 6.94. The Balaban J connectivity index is 1.10. The molecule has 0 atom stereocenters. The van der Waals surface area contributed by atoms with Crippen molar-refractivity contribution in [2.45, 2.75) is 26.2 Å². The van der Waals surface area contributed by atoms with Crippen LogP contribution < -0.4 is 15.0 Å². The van der Waals surface area contributed by atoms with Crippen molar-refractivity contribution >= 4 is 27.3 Å². The highest BCUT2D eigenvalue weighted by Gasteiger charge is 2.26. The molecule has 0 unspecified atom stereocenters. The van der Waals surface area contributed by atoms with Crippen molar-refractivity contribution in [1.29, 1.82) is 0 Å². The van der Waals surface area contributed by atoms with E-state index in [0.29, 0.717) is 13.2 Å². The molecule has 9 heteroatoms. The van der Waals surface area contributed by atoms with Gasteiger partial charge in [0.15, 0.2) is 0 Å². The van der Waals surface area contributed by atoms with Gasteiger partial charge in [0.1, 0.15) is 11.6 Å². The van der Waals surface area contributed by atoms with E-state index in [4.69, 9.17) is 4.74 Å². The van der Waals surface area contributed by atoms with Crippen LogP contribution in [0.4, 0.5) is 9.52 Å². The number of rotatable bonds is 8. The molecule has 1 amide bonds. The Morgan fingerprint density at radius 3 is 2.57 bits per heavy atom. The fraction of sp³-hybridized carbons (Fsp3) is 0.346. The van der Waals surface area contributed by atoms with Gasteiger partial charge in [0.25, 0.3) is 0 Å². The maximum atomic E-state index is 13.2. The Morgan fingerprint density at radius 2 is 1.89 bits per heavy atom. The van der Waals surface area contributed by atoms with Crippen LogP contribution in [-0.4, -0.2) is 46.7 Å². The molecule has 182 valence electrons. The number of aromatic nitrogens is 3. The summed E-state index contributed by atoms with van der Waals surface area (Å²) in [5.41, 5.74) is 2.82. The Morgan fingerprint density at radius 1 is 1.14 bits per heavy atom. The Labute approximate surface area is 207 Å². The normalized spacial score (nSPS) is 14.4. The van der Waals surface area contributed by atoms with Gasteiger partial charge in [-0.3, -0.25) is 4.79 Å². The van der Waals surface area contributed by atoms with Crippen LogP contribution >= 0.6 is 11.3 Å². The van der Waals surface area contributed by atoms with E-state index >= 15 is 0 Å². The van der Waals surface area contributed by atoms with E-state index in [9.17, 15) is 9.18 Å². The molecule has 1 aliphatic heterocycles. The molecule has 35 heavy (non-hydrogen) atoms. The summed E-state index contributed by atoms with van der Waals surface area (Å²) in [6, 6.07) is 14.3. The van der Waals surface area contributed by atoms with Crippen molar-refractivity contribution in [3.8, 4) is 17.0 Å². The lowest BCUT2D eigenvalue weighted by molar-refractivity contribution is -0.125. The molecule has 1 aliphatic rings. The summed E-state index contributed by atoms with van der Waals surface area (Å²) >= 11 is 1.53. The summed E-state index contributed by atoms with van der Waals surface area (Å²) < 4.78 is 20.4. The summed E-state index contributed by atoms with van der Waals surface area (Å²) in [7, 11) is 0. The molecule has 0 aliphatic carbocycles. The lowest BCUT2D eigenvalue weighted by Gasteiger charge is -2.30. The standard InChI is InChI=1S/C26H28FN5O2S/c1-2-34-22-9-3-18(4-10-22)11-14-28-24(33)20-12-15-31(16-13-20)26-30-32-17-23(29-25(32)35-26)19-5-7-21(27)8-6-19/h3-10,17,20H,2,11-16H2,1H3,(H,28,33). The highest BCUT2D eigenvalue weighted by atomic mass is 32.1. The number of amides is 1. The number of fused-ring (bicyclic) bond motifs is 1. The third kappa shape index (κ3) is 5.45. The SMILES string of the molecule is CCOc1ccc(CCNC(=O)C2CCN(c3nn4cc(-c5ccc(F)cc5)nc4s3)CC2)cc1. The van der Waals surface area contributed by atoms with E-state index < -0.39 is 0 Å². The van der Waals surface area contributed by atoms with Crippen molar-refractivity contribution in [2.75, 3.05) is 31.1 Å². The van der Waals surface area contributed by atoms with E-state index in [-0.39, 0.29) is 17.6 Å². The summed E-state index contributed by atoms with van der Waals surface area (Å²) in [6.45, 7) is 4.84. The molecule has 1 fully saturated rings. The molecule has 0 saturated carbocycles. The molecular weight excluding hydrogens is 465 g/mol. The van der Waals surface area contributed by atoms with Crippen LogP contribution in [0.2, 0.25) is 0 Å². The molecule has 0 spiro atoms. The molecule has 4 aromatic rings. The van der Waals surface area contributed by atoms with Crippen LogP contribution in [0, 0.1) is 11.7 Å². The molecule has 5 rings (SSSR count). The minimum atomic E-state index is -0.264. The zero-order valence-corrected chi connectivity index (χ0v) is 20.4. The van der Waals surface area contributed by atoms with Gasteiger partial charge in [-0.1, -0.05) is 23.5 Å². The van der Waals surface area contributed by atoms with Gasteiger partial charge in [0, 0.05) is 31.1 Å². The molecule has 0 bridgehead atoms. The smallest absolute Gasteiger partial charge is 0.223 e. The van der Waals surface area contributed by atoms with Gasteiger partial charge in [0.2, 0.25) is 16.0 Å². The van der Waals surface area contributed by atoms with Gasteiger partial charge < -0.3 is 15.0 Å². The predicted octanol–water partition coefficient (Wildman–Crippen LogP) is 4.57. The third-order valence-corrected chi connectivity index (χ3v) is 7.24. The second-order valence-corrected chi connectivity index (χ2v) is 9.56. The lowest BCUT2D eigenvalue weighted by atomic mass is 9.96. The summed E-state index contributed by atoms with van der Waals surface area (Å²) in [4.78, 5) is 20.3. The van der Waals surface area contributed by atoms with Crippen molar-refractivity contribution in [1.82, 2.24) is 19.9 Å². The van der Waals surface area contributed by atoms with Crippen molar-refractivity contribution in [2.24, 2.45) is 5.92 Å². The molecule has 1 saturated heterocycles. The van der Waals surface area contributed by atoms with Gasteiger partial charge >= 0.3 is 0 Å². The van der Waals surface area contributed by atoms with Gasteiger partial charge in [-0.2, -0.15) is 0 Å². The number of piperidine rings is 1. The van der Waals surface area contributed by atoms with Gasteiger partial charge in [-0.05, 0) is 68.1 Å². The Hall–Kier alpha value is -3.46. The number of benzene rings is 2. The highest BCUT2D eigenvalue weighted by Crippen LogP contribution is 2.29. The van der Waals surface area contributed by atoms with Crippen LogP contribution in [0.5, 0.6) is 5.75 Å². The molecule has 3 heterocycles. The number of carbonyl (C=O) groups excluding carboxylic acids is 1. The topological polar surface area (TPSA) is 71.8 Å². The van der Waals surface area contributed by atoms with Crippen molar-refractivity contribution < 1.29 is 13.9 Å². The summed E-state index contributed by atoms with van der Waals surface area (Å²) in [5.74, 6) is 0.767. The monoisotopic (exact) mass is 493 g/mol. The summed E-state index contributed by atoms with van der Waals surface area (Å²) in [5, 5.41) is 8.69. The first-order valence-corrected chi connectivity index (χ1v) is 12.8. The van der Waals surface area contributed by atoms with E-state index in [1.807, 2.05) is 37.4 Å². The van der Waals surface area contributed by atoms with Crippen LogP contribution in [0.1, 0.15) is 25.3 Å². The lowest BCUT2D eigenvalue weighted by Crippen LogP contribution is -2.41. The van der Waals surface area contributed by atoms with Crippen molar-refractivity contribution in [3.05, 3.63) is 66.1 Å². The number of hydrogen-bond acceptors (Lipinski definition) is 6. The first kappa shape index (κ1) is 23.3. The van der Waals surface area contributed by atoms with Gasteiger partial charge in [-0.25, -0.2) is 13.9 Å². The van der Waals surface area contributed by atoms with Crippen molar-refractivity contribution in [3.63, 3.8) is 0 Å². The Bertz CT molecular complexity index is 1250. The quantitative estimate of drug-likeness (QED) is 0.389. The highest BCUT2D eigenvalue weighted by molar-refractivity contribution is 7.20. The molecular formula is C26H28FN5O2S. The number of carbonyl (C=O) groups is 1. The molecule has 7 nitrogen and oxygen atoms in total. The second-order valence-electron chi connectivity index (χ2n) is 8.62. The number of nitrogens with one attached hydrogen (secondary N) is 1. The maximum absolute atomic E-state index is 13.2. The second kappa shape index (κ2) is 10.4. The zero-order valence-electron chi connectivity index (χ0n) is 19.6. The van der Waals surface area contributed by atoms with Gasteiger partial charge in [-0.15, -0.1) is 5.10 Å². The van der Waals surface area contributed by atoms with E-state index in [0.717, 1.165) is 59.5 Å². The van der Waals surface area contributed by atoms with Crippen LogP contribution in [0.3, 0.4) is 0 Å².